The number of benzene rings is 1. The van der Waals surface area contributed by atoms with E-state index in [1.807, 2.05) is 18.3 Å². The van der Waals surface area contributed by atoms with E-state index in [9.17, 15) is 8.42 Å². The fourth-order valence-corrected chi connectivity index (χ4v) is 7.09. The van der Waals surface area contributed by atoms with Gasteiger partial charge in [-0.05, 0) is 47.6 Å². The fourth-order valence-electron chi connectivity index (χ4n) is 5.80. The lowest BCUT2D eigenvalue weighted by atomic mass is 9.80. The third kappa shape index (κ3) is 5.40. The van der Waals surface area contributed by atoms with Gasteiger partial charge in [-0.15, -0.1) is 10.2 Å². The third-order valence-corrected chi connectivity index (χ3v) is 9.98. The smallest absolute Gasteiger partial charge is 0.269 e. The maximum Gasteiger partial charge on any atom is 0.269 e. The third-order valence-electron chi connectivity index (χ3n) is 8.30. The minimum absolute atomic E-state index is 0.0352. The lowest BCUT2D eigenvalue weighted by Crippen LogP contribution is -2.17. The van der Waals surface area contributed by atoms with Gasteiger partial charge in [-0.25, -0.2) is 27.3 Å². The molecule has 0 radical (unpaired) electrons. The van der Waals surface area contributed by atoms with Gasteiger partial charge in [0.2, 0.25) is 0 Å². The molecule has 5 aromatic heterocycles. The first-order chi connectivity index (χ1) is 20.6. The fraction of sp³-hybridized carbons (Fsp3) is 0.387. The maximum atomic E-state index is 12.9. The molecule has 0 aliphatic heterocycles. The van der Waals surface area contributed by atoms with Gasteiger partial charge >= 0.3 is 0 Å². The predicted molar refractivity (Wildman–Crippen MR) is 166 cm³/mol. The van der Waals surface area contributed by atoms with E-state index in [4.69, 9.17) is 5.73 Å². The molecule has 0 saturated heterocycles. The second-order valence-corrected chi connectivity index (χ2v) is 14.1. The summed E-state index contributed by atoms with van der Waals surface area (Å²) in [7, 11) is -3.72. The van der Waals surface area contributed by atoms with Crippen molar-refractivity contribution in [2.75, 3.05) is 0 Å². The molecule has 12 heteroatoms. The van der Waals surface area contributed by atoms with E-state index in [-0.39, 0.29) is 16.9 Å². The van der Waals surface area contributed by atoms with Crippen LogP contribution in [0.25, 0.3) is 28.0 Å². The first-order valence-corrected chi connectivity index (χ1v) is 16.1. The SMILES string of the molecule is CC(C)(C)c1ccc(S(=O)(=O)n2ccc3nc(CN)cnc32)cc1.CC1CCCCC1c1nnc2cnc3[nH]ccc3n12. The van der Waals surface area contributed by atoms with E-state index in [1.165, 1.54) is 38.1 Å². The van der Waals surface area contributed by atoms with Crippen LogP contribution in [0.3, 0.4) is 0 Å². The molecule has 3 N–H and O–H groups in total. The Kier molecular flexibility index (Phi) is 7.51. The summed E-state index contributed by atoms with van der Waals surface area (Å²) in [5.74, 6) is 2.31. The Bertz CT molecular complexity index is 2000. The van der Waals surface area contributed by atoms with E-state index in [2.05, 4.69) is 68.3 Å². The zero-order valence-electron chi connectivity index (χ0n) is 24.9. The van der Waals surface area contributed by atoms with Crippen LogP contribution in [-0.4, -0.2) is 46.9 Å². The van der Waals surface area contributed by atoms with Gasteiger partial charge in [0.1, 0.15) is 11.3 Å². The van der Waals surface area contributed by atoms with Crippen LogP contribution in [0.1, 0.15) is 76.4 Å². The van der Waals surface area contributed by atoms with Crippen molar-refractivity contribution in [2.45, 2.75) is 76.2 Å². The van der Waals surface area contributed by atoms with Gasteiger partial charge in [0.15, 0.2) is 16.9 Å². The van der Waals surface area contributed by atoms with Crippen LogP contribution in [-0.2, 0) is 22.0 Å². The highest BCUT2D eigenvalue weighted by Gasteiger charge is 2.28. The molecule has 1 saturated carbocycles. The summed E-state index contributed by atoms with van der Waals surface area (Å²) >= 11 is 0. The summed E-state index contributed by atoms with van der Waals surface area (Å²) in [6.07, 6.45) is 11.8. The van der Waals surface area contributed by atoms with Gasteiger partial charge in [0.25, 0.3) is 10.0 Å². The van der Waals surface area contributed by atoms with Crippen molar-refractivity contribution in [1.29, 1.82) is 0 Å². The number of aromatic amines is 1. The van der Waals surface area contributed by atoms with Gasteiger partial charge in [-0.1, -0.05) is 59.1 Å². The zero-order chi connectivity index (χ0) is 30.4. The lowest BCUT2D eigenvalue weighted by molar-refractivity contribution is 0.319. The number of nitrogens with zero attached hydrogens (tertiary/aromatic N) is 7. The average Bonchev–Trinajstić information content (AvgIpc) is 3.75. The van der Waals surface area contributed by atoms with Crippen LogP contribution in [0, 0.1) is 5.92 Å². The van der Waals surface area contributed by atoms with Crippen LogP contribution < -0.4 is 5.73 Å². The number of H-pyrrole nitrogens is 1. The number of aromatic nitrogens is 8. The highest BCUT2D eigenvalue weighted by atomic mass is 32.2. The van der Waals surface area contributed by atoms with E-state index in [0.29, 0.717) is 28.7 Å². The van der Waals surface area contributed by atoms with Crippen molar-refractivity contribution < 1.29 is 8.42 Å². The quantitative estimate of drug-likeness (QED) is 0.276. The molecule has 6 aromatic rings. The average molecular weight is 600 g/mol. The molecule has 43 heavy (non-hydrogen) atoms. The molecular weight excluding hydrogens is 562 g/mol. The predicted octanol–water partition coefficient (Wildman–Crippen LogP) is 5.32. The Morgan fingerprint density at radius 2 is 1.77 bits per heavy atom. The number of hydrogen-bond acceptors (Lipinski definition) is 8. The molecule has 2 atom stereocenters. The number of rotatable bonds is 4. The van der Waals surface area contributed by atoms with Gasteiger partial charge in [0, 0.05) is 24.9 Å². The number of nitrogens with two attached hydrogens (primary N) is 1. The molecule has 5 heterocycles. The molecular formula is C31H37N9O2S. The molecule has 224 valence electrons. The van der Waals surface area contributed by atoms with E-state index >= 15 is 0 Å². The van der Waals surface area contributed by atoms with Crippen molar-refractivity contribution in [3.63, 3.8) is 0 Å². The molecule has 0 amide bonds. The van der Waals surface area contributed by atoms with E-state index in [0.717, 1.165) is 32.2 Å². The van der Waals surface area contributed by atoms with Crippen molar-refractivity contribution in [3.05, 3.63) is 78.3 Å². The van der Waals surface area contributed by atoms with Gasteiger partial charge in [-0.2, -0.15) is 0 Å². The number of hydrogen-bond donors (Lipinski definition) is 2. The van der Waals surface area contributed by atoms with Crippen LogP contribution >= 0.6 is 0 Å². The summed E-state index contributed by atoms with van der Waals surface area (Å²) in [4.78, 5) is 16.2. The summed E-state index contributed by atoms with van der Waals surface area (Å²) < 4.78 is 29.1. The summed E-state index contributed by atoms with van der Waals surface area (Å²) in [6, 6.07) is 10.6. The Labute approximate surface area is 250 Å². The zero-order valence-corrected chi connectivity index (χ0v) is 25.7. The van der Waals surface area contributed by atoms with Crippen molar-refractivity contribution in [3.8, 4) is 0 Å². The normalized spacial score (nSPS) is 17.8. The molecule has 1 aliphatic carbocycles. The van der Waals surface area contributed by atoms with Crippen LogP contribution in [0.2, 0.25) is 0 Å². The van der Waals surface area contributed by atoms with Crippen molar-refractivity contribution in [1.82, 2.24) is 38.5 Å². The highest BCUT2D eigenvalue weighted by molar-refractivity contribution is 7.90. The second kappa shape index (κ2) is 11.2. The minimum Gasteiger partial charge on any atom is -0.345 e. The molecule has 1 fully saturated rings. The molecule has 0 spiro atoms. The first-order valence-electron chi connectivity index (χ1n) is 14.6. The van der Waals surface area contributed by atoms with Crippen molar-refractivity contribution >= 4 is 38.0 Å². The molecule has 1 aromatic carbocycles. The monoisotopic (exact) mass is 599 g/mol. The molecule has 0 bridgehead atoms. The topological polar surface area (TPSA) is 150 Å². The Morgan fingerprint density at radius 1 is 1.00 bits per heavy atom. The Balaban J connectivity index is 0.000000157. The Morgan fingerprint density at radius 3 is 2.49 bits per heavy atom. The van der Waals surface area contributed by atoms with Crippen LogP contribution in [0.15, 0.2) is 66.1 Å². The summed E-state index contributed by atoms with van der Waals surface area (Å²) in [6.45, 7) is 8.84. The summed E-state index contributed by atoms with van der Waals surface area (Å²) in [5, 5.41) is 8.75. The molecule has 11 nitrogen and oxygen atoms in total. The van der Waals surface area contributed by atoms with Gasteiger partial charge in [-0.3, -0.25) is 4.40 Å². The first kappa shape index (κ1) is 28.9. The maximum absolute atomic E-state index is 12.9. The van der Waals surface area contributed by atoms with Crippen molar-refractivity contribution in [2.24, 2.45) is 11.7 Å². The van der Waals surface area contributed by atoms with E-state index in [1.54, 1.807) is 24.4 Å². The lowest BCUT2D eigenvalue weighted by Gasteiger charge is -2.27. The van der Waals surface area contributed by atoms with Crippen LogP contribution in [0.5, 0.6) is 0 Å². The van der Waals surface area contributed by atoms with Gasteiger partial charge in [0.05, 0.1) is 28.5 Å². The standard InChI is InChI=1S/C17H20N4O2S.C14H17N5/c1-17(2,3)12-4-6-14(7-5-12)24(22,23)21-9-8-15-16(21)19-11-13(10-18)20-15;1-9-4-2-3-5-10(9)14-18-17-12-8-16-13-11(19(12)14)6-7-15-13/h4-9,11H,10,18H2,1-3H3;6-10,15H,2-5H2,1H3. The molecule has 2 unspecified atom stereocenters. The Hall–Kier alpha value is -4.16. The second-order valence-electron chi connectivity index (χ2n) is 12.3. The summed E-state index contributed by atoms with van der Waals surface area (Å²) in [5.41, 5.74) is 10.8. The van der Waals surface area contributed by atoms with Gasteiger partial charge < -0.3 is 10.7 Å². The number of fused-ring (bicyclic) bond motifs is 4. The molecule has 1 aliphatic rings. The largest absolute Gasteiger partial charge is 0.345 e. The number of nitrogens with one attached hydrogen (secondary N) is 1. The van der Waals surface area contributed by atoms with Crippen LogP contribution in [0.4, 0.5) is 0 Å². The highest BCUT2D eigenvalue weighted by Crippen LogP contribution is 2.37. The van der Waals surface area contributed by atoms with E-state index < -0.39 is 10.0 Å². The molecule has 7 rings (SSSR count). The minimum atomic E-state index is -3.72.